The third-order valence-corrected chi connectivity index (χ3v) is 6.43. The summed E-state index contributed by atoms with van der Waals surface area (Å²) in [6.45, 7) is 2.21. The highest BCUT2D eigenvalue weighted by molar-refractivity contribution is 5.87. The highest BCUT2D eigenvalue weighted by Crippen LogP contribution is 2.41. The fourth-order valence-corrected chi connectivity index (χ4v) is 4.80. The third kappa shape index (κ3) is 4.64. The summed E-state index contributed by atoms with van der Waals surface area (Å²) >= 11 is 0. The Hall–Kier alpha value is -2.73. The Morgan fingerprint density at radius 3 is 2.48 bits per heavy atom. The lowest BCUT2D eigenvalue weighted by molar-refractivity contribution is 0.381. The van der Waals surface area contributed by atoms with Crippen molar-refractivity contribution in [1.82, 2.24) is 0 Å². The summed E-state index contributed by atoms with van der Waals surface area (Å²) in [6, 6.07) is 14.6. The fraction of sp³-hybridized carbons (Fsp3) is 0.357. The normalized spacial score (nSPS) is 17.8. The van der Waals surface area contributed by atoms with Crippen LogP contribution >= 0.6 is 0 Å². The molecule has 0 aliphatic heterocycles. The molecule has 160 valence electrons. The molecule has 0 N–H and O–H groups in total. The van der Waals surface area contributed by atoms with Crippen LogP contribution in [0.4, 0.5) is 13.2 Å². The Labute approximate surface area is 182 Å². The lowest BCUT2D eigenvalue weighted by Gasteiger charge is -2.31. The minimum atomic E-state index is -1.45. The zero-order chi connectivity index (χ0) is 21.8. The molecule has 0 fully saturated rings. The molecule has 0 nitrogen and oxygen atoms in total. The molecule has 0 saturated heterocycles. The molecule has 1 aliphatic rings. The Morgan fingerprint density at radius 1 is 0.935 bits per heavy atom. The molecule has 0 unspecified atom stereocenters. The Balaban J connectivity index is 1.71. The molecule has 0 amide bonds. The van der Waals surface area contributed by atoms with Crippen LogP contribution in [-0.4, -0.2) is 0 Å². The molecule has 2 atom stereocenters. The van der Waals surface area contributed by atoms with Crippen molar-refractivity contribution < 1.29 is 13.2 Å². The van der Waals surface area contributed by atoms with E-state index in [2.05, 4.69) is 49.1 Å². The van der Waals surface area contributed by atoms with Crippen molar-refractivity contribution in [2.45, 2.75) is 57.8 Å². The van der Waals surface area contributed by atoms with E-state index < -0.39 is 17.5 Å². The molecular formula is C28H27F3. The first-order valence-electron chi connectivity index (χ1n) is 11.2. The van der Waals surface area contributed by atoms with Gasteiger partial charge in [-0.25, -0.2) is 13.2 Å². The number of unbranched alkanes of at least 4 members (excludes halogenated alkanes) is 3. The highest BCUT2D eigenvalue weighted by atomic mass is 19.2. The first-order chi connectivity index (χ1) is 15.1. The Morgan fingerprint density at radius 2 is 1.71 bits per heavy atom. The molecule has 4 rings (SSSR count). The van der Waals surface area contributed by atoms with Gasteiger partial charge in [-0.15, -0.1) is 0 Å². The van der Waals surface area contributed by atoms with Crippen LogP contribution in [-0.2, 0) is 6.42 Å². The van der Waals surface area contributed by atoms with Crippen molar-refractivity contribution in [1.29, 1.82) is 0 Å². The third-order valence-electron chi connectivity index (χ3n) is 6.43. The van der Waals surface area contributed by atoms with Gasteiger partial charge in [-0.3, -0.25) is 0 Å². The monoisotopic (exact) mass is 420 g/mol. The number of hydrogen-bond acceptors (Lipinski definition) is 0. The summed E-state index contributed by atoms with van der Waals surface area (Å²) in [7, 11) is 0. The maximum atomic E-state index is 13.7. The number of fused-ring (bicyclic) bond motifs is 3. The van der Waals surface area contributed by atoms with Crippen molar-refractivity contribution in [3.8, 4) is 11.8 Å². The zero-order valence-electron chi connectivity index (χ0n) is 17.9. The van der Waals surface area contributed by atoms with E-state index in [0.717, 1.165) is 31.4 Å². The number of hydrogen-bond donors (Lipinski definition) is 0. The Bertz CT molecular complexity index is 1110. The van der Waals surface area contributed by atoms with Gasteiger partial charge in [0.25, 0.3) is 0 Å². The van der Waals surface area contributed by atoms with Gasteiger partial charge in [-0.05, 0) is 59.2 Å². The van der Waals surface area contributed by atoms with E-state index in [0.29, 0.717) is 5.92 Å². The van der Waals surface area contributed by atoms with Gasteiger partial charge in [0.1, 0.15) is 0 Å². The first kappa shape index (κ1) is 21.5. The maximum Gasteiger partial charge on any atom is 0.194 e. The molecular weight excluding hydrogens is 393 g/mol. The van der Waals surface area contributed by atoms with Crippen LogP contribution in [0.25, 0.3) is 10.8 Å². The van der Waals surface area contributed by atoms with E-state index in [9.17, 15) is 13.2 Å². The number of aryl methyl sites for hydroxylation is 1. The summed E-state index contributed by atoms with van der Waals surface area (Å²) in [6.07, 6.45) is 7.98. The van der Waals surface area contributed by atoms with Crippen molar-refractivity contribution in [2.75, 3.05) is 0 Å². The molecule has 0 spiro atoms. The van der Waals surface area contributed by atoms with Gasteiger partial charge in [0.2, 0.25) is 0 Å². The molecule has 1 aliphatic carbocycles. The van der Waals surface area contributed by atoms with Crippen LogP contribution in [0.2, 0.25) is 0 Å². The average molecular weight is 421 g/mol. The van der Waals surface area contributed by atoms with Crippen LogP contribution < -0.4 is 0 Å². The van der Waals surface area contributed by atoms with Gasteiger partial charge in [0.15, 0.2) is 17.5 Å². The van der Waals surface area contributed by atoms with E-state index in [1.54, 1.807) is 0 Å². The highest BCUT2D eigenvalue weighted by Gasteiger charge is 2.29. The minimum Gasteiger partial charge on any atom is -0.204 e. The zero-order valence-corrected chi connectivity index (χ0v) is 17.9. The number of rotatable bonds is 5. The SMILES string of the molecule is CCCCCC[C@@H]1CCc2c(ccc3ccccc23)[C@H]1C#Cc1cc(F)c(F)c(F)c1. The number of benzene rings is 3. The van der Waals surface area contributed by atoms with Gasteiger partial charge < -0.3 is 0 Å². The molecule has 0 saturated carbocycles. The average Bonchev–Trinajstić information content (AvgIpc) is 2.78. The molecule has 31 heavy (non-hydrogen) atoms. The van der Waals surface area contributed by atoms with Gasteiger partial charge in [0.05, 0.1) is 0 Å². The van der Waals surface area contributed by atoms with Crippen LogP contribution in [0.1, 0.15) is 68.1 Å². The van der Waals surface area contributed by atoms with Crippen LogP contribution in [0.5, 0.6) is 0 Å². The molecule has 0 aromatic heterocycles. The van der Waals surface area contributed by atoms with Crippen LogP contribution in [0.3, 0.4) is 0 Å². The van der Waals surface area contributed by atoms with Crippen molar-refractivity contribution in [3.63, 3.8) is 0 Å². The molecule has 3 aromatic rings. The smallest absolute Gasteiger partial charge is 0.194 e. The van der Waals surface area contributed by atoms with E-state index in [1.165, 1.54) is 47.6 Å². The maximum absolute atomic E-state index is 13.7. The second-order valence-electron chi connectivity index (χ2n) is 8.50. The second-order valence-corrected chi connectivity index (χ2v) is 8.50. The van der Waals surface area contributed by atoms with Gasteiger partial charge in [-0.2, -0.15) is 0 Å². The number of halogens is 3. The quantitative estimate of drug-likeness (QED) is 0.223. The predicted molar refractivity (Wildman–Crippen MR) is 120 cm³/mol. The molecule has 0 radical (unpaired) electrons. The minimum absolute atomic E-state index is 0.00570. The van der Waals surface area contributed by atoms with E-state index >= 15 is 0 Å². The van der Waals surface area contributed by atoms with Crippen LogP contribution in [0, 0.1) is 35.2 Å². The summed E-state index contributed by atoms with van der Waals surface area (Å²) in [5, 5.41) is 2.48. The molecule has 3 heteroatoms. The summed E-state index contributed by atoms with van der Waals surface area (Å²) < 4.78 is 40.6. The van der Waals surface area contributed by atoms with E-state index in [1.807, 2.05) is 6.07 Å². The summed E-state index contributed by atoms with van der Waals surface area (Å²) in [5.74, 6) is 2.83. The molecule has 0 heterocycles. The van der Waals surface area contributed by atoms with Crippen molar-refractivity contribution in [2.24, 2.45) is 5.92 Å². The lowest BCUT2D eigenvalue weighted by Crippen LogP contribution is -2.20. The topological polar surface area (TPSA) is 0 Å². The largest absolute Gasteiger partial charge is 0.204 e. The van der Waals surface area contributed by atoms with E-state index in [-0.39, 0.29) is 11.5 Å². The van der Waals surface area contributed by atoms with Gasteiger partial charge >= 0.3 is 0 Å². The van der Waals surface area contributed by atoms with Crippen LogP contribution in [0.15, 0.2) is 48.5 Å². The predicted octanol–water partition coefficient (Wildman–Crippen LogP) is 7.93. The van der Waals surface area contributed by atoms with Crippen molar-refractivity contribution >= 4 is 10.8 Å². The summed E-state index contributed by atoms with van der Waals surface area (Å²) in [5.41, 5.74) is 2.73. The molecule has 0 bridgehead atoms. The fourth-order valence-electron chi connectivity index (χ4n) is 4.80. The van der Waals surface area contributed by atoms with Gasteiger partial charge in [-0.1, -0.05) is 80.8 Å². The molecule has 3 aromatic carbocycles. The van der Waals surface area contributed by atoms with Crippen molar-refractivity contribution in [3.05, 3.63) is 82.7 Å². The van der Waals surface area contributed by atoms with Gasteiger partial charge in [0, 0.05) is 11.5 Å². The summed E-state index contributed by atoms with van der Waals surface area (Å²) in [4.78, 5) is 0. The standard InChI is InChI=1S/C28H27F3/c1-2-3-4-5-8-21-13-15-24-22-10-7-6-9-20(22)12-16-25(24)23(21)14-11-19-17-26(29)28(31)27(30)18-19/h6-7,9-10,12,16-18,21,23H,2-5,8,13,15H2,1H3/t21-,23+/m1/s1. The second kappa shape index (κ2) is 9.60. The lowest BCUT2D eigenvalue weighted by atomic mass is 9.72. The Kier molecular flexibility index (Phi) is 6.66. The van der Waals surface area contributed by atoms with E-state index in [4.69, 9.17) is 0 Å². The first-order valence-corrected chi connectivity index (χ1v) is 11.2.